The van der Waals surface area contributed by atoms with Gasteiger partial charge in [-0.1, -0.05) is 24.3 Å². The topological polar surface area (TPSA) is 59.3 Å². The molecular formula is C15H11NO3. The molecule has 2 aromatic rings. The molecular weight excluding hydrogens is 242 g/mol. The van der Waals surface area contributed by atoms with Gasteiger partial charge in [-0.05, 0) is 30.3 Å². The zero-order chi connectivity index (χ0) is 13.5. The number of benzene rings is 2. The molecule has 2 rings (SSSR count). The number of carbonyl (C=O) groups excluding carboxylic acids is 1. The highest BCUT2D eigenvalue weighted by molar-refractivity contribution is 5.74. The van der Waals surface area contributed by atoms with Gasteiger partial charge in [0.05, 0.1) is 11.6 Å². The Bertz CT molecular complexity index is 602. The first-order valence-corrected chi connectivity index (χ1v) is 5.66. The molecule has 0 amide bonds. The zero-order valence-electron chi connectivity index (χ0n) is 10.1. The van der Waals surface area contributed by atoms with Crippen LogP contribution in [0, 0.1) is 11.3 Å². The summed E-state index contributed by atoms with van der Waals surface area (Å²) in [7, 11) is 0. The molecule has 0 saturated carbocycles. The SMILES string of the molecule is N#Cc1cccc(OC(=O)COc2ccccc2)c1. The minimum atomic E-state index is -0.515. The van der Waals surface area contributed by atoms with E-state index in [1.165, 1.54) is 6.07 Å². The Balaban J connectivity index is 1.89. The van der Waals surface area contributed by atoms with Crippen molar-refractivity contribution in [1.29, 1.82) is 5.26 Å². The van der Waals surface area contributed by atoms with Crippen LogP contribution in [-0.4, -0.2) is 12.6 Å². The molecule has 0 fully saturated rings. The van der Waals surface area contributed by atoms with E-state index in [1.807, 2.05) is 24.3 Å². The fraction of sp³-hybridized carbons (Fsp3) is 0.0667. The van der Waals surface area contributed by atoms with E-state index in [-0.39, 0.29) is 6.61 Å². The van der Waals surface area contributed by atoms with Crippen molar-refractivity contribution in [2.75, 3.05) is 6.61 Å². The molecule has 4 nitrogen and oxygen atoms in total. The van der Waals surface area contributed by atoms with Gasteiger partial charge in [0, 0.05) is 0 Å². The van der Waals surface area contributed by atoms with Crippen molar-refractivity contribution in [3.63, 3.8) is 0 Å². The maximum absolute atomic E-state index is 11.6. The van der Waals surface area contributed by atoms with Crippen LogP contribution in [0.4, 0.5) is 0 Å². The fourth-order valence-electron chi connectivity index (χ4n) is 1.45. The summed E-state index contributed by atoms with van der Waals surface area (Å²) in [5.74, 6) is 0.421. The maximum atomic E-state index is 11.6. The van der Waals surface area contributed by atoms with Gasteiger partial charge in [-0.3, -0.25) is 0 Å². The van der Waals surface area contributed by atoms with Gasteiger partial charge >= 0.3 is 5.97 Å². The smallest absolute Gasteiger partial charge is 0.349 e. The first-order valence-electron chi connectivity index (χ1n) is 5.66. The van der Waals surface area contributed by atoms with Crippen molar-refractivity contribution < 1.29 is 14.3 Å². The van der Waals surface area contributed by atoms with Crippen molar-refractivity contribution in [2.45, 2.75) is 0 Å². The van der Waals surface area contributed by atoms with Gasteiger partial charge in [-0.25, -0.2) is 4.79 Å². The molecule has 0 unspecified atom stereocenters. The number of nitrogens with zero attached hydrogens (tertiary/aromatic N) is 1. The van der Waals surface area contributed by atoms with E-state index in [1.54, 1.807) is 30.3 Å². The molecule has 0 atom stereocenters. The van der Waals surface area contributed by atoms with Crippen molar-refractivity contribution in [2.24, 2.45) is 0 Å². The Labute approximate surface area is 110 Å². The standard InChI is InChI=1S/C15H11NO3/c16-10-12-5-4-8-14(9-12)19-15(17)11-18-13-6-2-1-3-7-13/h1-9H,11H2. The second-order valence-electron chi connectivity index (χ2n) is 3.72. The van der Waals surface area contributed by atoms with Crippen LogP contribution in [0.25, 0.3) is 0 Å². The molecule has 0 radical (unpaired) electrons. The van der Waals surface area contributed by atoms with E-state index in [0.29, 0.717) is 17.1 Å². The third-order valence-corrected chi connectivity index (χ3v) is 2.29. The number of carbonyl (C=O) groups is 1. The first-order chi connectivity index (χ1) is 9.28. The molecule has 0 saturated heterocycles. The Morgan fingerprint density at radius 2 is 1.79 bits per heavy atom. The Hall–Kier alpha value is -2.80. The molecule has 19 heavy (non-hydrogen) atoms. The largest absolute Gasteiger partial charge is 0.482 e. The first kappa shape index (κ1) is 12.7. The second-order valence-corrected chi connectivity index (χ2v) is 3.72. The van der Waals surface area contributed by atoms with E-state index < -0.39 is 5.97 Å². The molecule has 0 spiro atoms. The number of hydrogen-bond acceptors (Lipinski definition) is 4. The van der Waals surface area contributed by atoms with E-state index in [9.17, 15) is 4.79 Å². The lowest BCUT2D eigenvalue weighted by Crippen LogP contribution is -2.17. The maximum Gasteiger partial charge on any atom is 0.349 e. The lowest BCUT2D eigenvalue weighted by atomic mass is 10.2. The summed E-state index contributed by atoms with van der Waals surface area (Å²) in [5.41, 5.74) is 0.439. The van der Waals surface area contributed by atoms with Gasteiger partial charge in [0.15, 0.2) is 6.61 Å². The summed E-state index contributed by atoms with van der Waals surface area (Å²) in [6, 6.07) is 17.4. The highest BCUT2D eigenvalue weighted by atomic mass is 16.6. The highest BCUT2D eigenvalue weighted by Crippen LogP contribution is 2.13. The van der Waals surface area contributed by atoms with Crippen LogP contribution >= 0.6 is 0 Å². The summed E-state index contributed by atoms with van der Waals surface area (Å²) < 4.78 is 10.3. The molecule has 0 aliphatic heterocycles. The normalized spacial score (nSPS) is 9.42. The van der Waals surface area contributed by atoms with E-state index >= 15 is 0 Å². The monoisotopic (exact) mass is 253 g/mol. The third-order valence-electron chi connectivity index (χ3n) is 2.29. The number of hydrogen-bond donors (Lipinski definition) is 0. The van der Waals surface area contributed by atoms with Crippen LogP contribution in [0.3, 0.4) is 0 Å². The average Bonchev–Trinajstić information content (AvgIpc) is 2.46. The summed E-state index contributed by atoms with van der Waals surface area (Å²) >= 11 is 0. The van der Waals surface area contributed by atoms with Crippen LogP contribution in [0.5, 0.6) is 11.5 Å². The van der Waals surface area contributed by atoms with Crippen LogP contribution in [0.15, 0.2) is 54.6 Å². The fourth-order valence-corrected chi connectivity index (χ4v) is 1.45. The predicted octanol–water partition coefficient (Wildman–Crippen LogP) is 2.54. The number of nitriles is 1. The summed E-state index contributed by atoms with van der Waals surface area (Å²) in [5, 5.41) is 8.73. The summed E-state index contributed by atoms with van der Waals surface area (Å²) in [6.45, 7) is -0.180. The lowest BCUT2D eigenvalue weighted by Gasteiger charge is -2.06. The molecule has 94 valence electrons. The van der Waals surface area contributed by atoms with Crippen LogP contribution in [-0.2, 0) is 4.79 Å². The summed E-state index contributed by atoms with van der Waals surface area (Å²) in [4.78, 5) is 11.6. The van der Waals surface area contributed by atoms with Gasteiger partial charge in [-0.15, -0.1) is 0 Å². The zero-order valence-corrected chi connectivity index (χ0v) is 10.1. The third kappa shape index (κ3) is 3.86. The quantitative estimate of drug-likeness (QED) is 0.620. The number of rotatable bonds is 4. The van der Waals surface area contributed by atoms with Gasteiger partial charge in [0.2, 0.25) is 0 Å². The van der Waals surface area contributed by atoms with Crippen LogP contribution in [0.1, 0.15) is 5.56 Å². The van der Waals surface area contributed by atoms with E-state index in [4.69, 9.17) is 14.7 Å². The van der Waals surface area contributed by atoms with Crippen LogP contribution in [0.2, 0.25) is 0 Å². The van der Waals surface area contributed by atoms with Crippen molar-refractivity contribution in [1.82, 2.24) is 0 Å². The molecule has 0 bridgehead atoms. The number of para-hydroxylation sites is 1. The number of ether oxygens (including phenoxy) is 2. The van der Waals surface area contributed by atoms with E-state index in [2.05, 4.69) is 0 Å². The minimum Gasteiger partial charge on any atom is -0.482 e. The van der Waals surface area contributed by atoms with E-state index in [0.717, 1.165) is 0 Å². The Morgan fingerprint density at radius 3 is 2.53 bits per heavy atom. The molecule has 0 aliphatic carbocycles. The van der Waals surface area contributed by atoms with Crippen molar-refractivity contribution in [3.8, 4) is 17.6 Å². The Morgan fingerprint density at radius 1 is 1.05 bits per heavy atom. The molecule has 0 aliphatic rings. The lowest BCUT2D eigenvalue weighted by molar-refractivity contribution is -0.136. The average molecular weight is 253 g/mol. The van der Waals surface area contributed by atoms with Gasteiger partial charge in [-0.2, -0.15) is 5.26 Å². The molecule has 2 aromatic carbocycles. The highest BCUT2D eigenvalue weighted by Gasteiger charge is 2.06. The van der Waals surface area contributed by atoms with Crippen LogP contribution < -0.4 is 9.47 Å². The Kier molecular flexibility index (Phi) is 4.14. The molecule has 4 heteroatoms. The number of esters is 1. The van der Waals surface area contributed by atoms with Crippen molar-refractivity contribution >= 4 is 5.97 Å². The van der Waals surface area contributed by atoms with Gasteiger partial charge in [0.1, 0.15) is 11.5 Å². The minimum absolute atomic E-state index is 0.180. The molecule has 0 heterocycles. The molecule has 0 aromatic heterocycles. The molecule has 0 N–H and O–H groups in total. The second kappa shape index (κ2) is 6.22. The predicted molar refractivity (Wildman–Crippen MR) is 68.7 cm³/mol. The van der Waals surface area contributed by atoms with Gasteiger partial charge in [0.25, 0.3) is 0 Å². The van der Waals surface area contributed by atoms with Crippen molar-refractivity contribution in [3.05, 3.63) is 60.2 Å². The summed E-state index contributed by atoms with van der Waals surface area (Å²) in [6.07, 6.45) is 0. The van der Waals surface area contributed by atoms with Gasteiger partial charge < -0.3 is 9.47 Å².